The molecular weight excluding hydrogens is 419 g/mol. The van der Waals surface area contributed by atoms with Crippen LogP contribution in [0.3, 0.4) is 0 Å². The van der Waals surface area contributed by atoms with Crippen LogP contribution < -0.4 is 10.6 Å². The van der Waals surface area contributed by atoms with Crippen LogP contribution in [0.4, 0.5) is 4.79 Å². The van der Waals surface area contributed by atoms with Gasteiger partial charge < -0.3 is 20.3 Å². The number of ether oxygens (including phenoxy) is 1. The van der Waals surface area contributed by atoms with Crippen LogP contribution in [0.25, 0.3) is 0 Å². The molecule has 6 nitrogen and oxygen atoms in total. The Hall–Kier alpha value is -0.730. The van der Waals surface area contributed by atoms with Crippen molar-refractivity contribution in [2.45, 2.75) is 59.4 Å². The summed E-state index contributed by atoms with van der Waals surface area (Å²) in [5.41, 5.74) is 0. The zero-order valence-corrected chi connectivity index (χ0v) is 18.0. The van der Waals surface area contributed by atoms with E-state index in [2.05, 4.69) is 31.4 Å². The van der Waals surface area contributed by atoms with Gasteiger partial charge in [-0.15, -0.1) is 24.0 Å². The molecule has 0 atom stereocenters. The minimum Gasteiger partial charge on any atom is -0.450 e. The number of rotatable bonds is 7. The highest BCUT2D eigenvalue weighted by atomic mass is 127. The molecule has 1 fully saturated rings. The monoisotopic (exact) mass is 454 g/mol. The van der Waals surface area contributed by atoms with Crippen LogP contribution in [0.2, 0.25) is 0 Å². The Morgan fingerprint density at radius 3 is 2.33 bits per heavy atom. The predicted octanol–water partition coefficient (Wildman–Crippen LogP) is 3.22. The number of hydrogen-bond donors (Lipinski definition) is 2. The summed E-state index contributed by atoms with van der Waals surface area (Å²) in [4.78, 5) is 18.2. The Kier molecular flexibility index (Phi) is 13.1. The maximum atomic E-state index is 11.7. The third-order valence-electron chi connectivity index (χ3n) is 4.37. The first-order valence-corrected chi connectivity index (χ1v) is 9.10. The topological polar surface area (TPSA) is 66.0 Å². The van der Waals surface area contributed by atoms with Crippen molar-refractivity contribution in [1.29, 1.82) is 0 Å². The second kappa shape index (κ2) is 13.5. The number of halogens is 1. The lowest BCUT2D eigenvalue weighted by molar-refractivity contribution is 0.0963. The molecule has 1 aliphatic rings. The van der Waals surface area contributed by atoms with Crippen LogP contribution in [-0.2, 0) is 4.74 Å². The van der Waals surface area contributed by atoms with E-state index in [0.29, 0.717) is 18.6 Å². The van der Waals surface area contributed by atoms with Crippen molar-refractivity contribution in [2.75, 3.05) is 32.8 Å². The quantitative estimate of drug-likeness (QED) is 0.352. The molecule has 0 spiro atoms. The van der Waals surface area contributed by atoms with E-state index in [1.165, 1.54) is 0 Å². The summed E-state index contributed by atoms with van der Waals surface area (Å²) < 4.78 is 5.06. The molecule has 1 heterocycles. The van der Waals surface area contributed by atoms with Crippen molar-refractivity contribution in [3.8, 4) is 0 Å². The molecule has 0 bridgehead atoms. The van der Waals surface area contributed by atoms with Crippen molar-refractivity contribution in [3.63, 3.8) is 0 Å². The summed E-state index contributed by atoms with van der Waals surface area (Å²) in [6.07, 6.45) is 3.98. The number of amides is 1. The van der Waals surface area contributed by atoms with Crippen LogP contribution in [0.15, 0.2) is 4.99 Å². The summed E-state index contributed by atoms with van der Waals surface area (Å²) in [7, 11) is 0. The van der Waals surface area contributed by atoms with Crippen molar-refractivity contribution >= 4 is 36.0 Å². The van der Waals surface area contributed by atoms with E-state index in [-0.39, 0.29) is 30.1 Å². The van der Waals surface area contributed by atoms with Crippen molar-refractivity contribution in [1.82, 2.24) is 15.5 Å². The molecule has 0 aromatic rings. The van der Waals surface area contributed by atoms with Gasteiger partial charge in [0.2, 0.25) is 0 Å². The van der Waals surface area contributed by atoms with Crippen molar-refractivity contribution < 1.29 is 9.53 Å². The molecule has 0 aromatic carbocycles. The smallest absolute Gasteiger partial charge is 0.409 e. The number of guanidine groups is 1. The Morgan fingerprint density at radius 2 is 1.83 bits per heavy atom. The predicted molar refractivity (Wildman–Crippen MR) is 110 cm³/mol. The zero-order valence-electron chi connectivity index (χ0n) is 15.6. The van der Waals surface area contributed by atoms with Crippen molar-refractivity contribution in [3.05, 3.63) is 0 Å². The van der Waals surface area contributed by atoms with Gasteiger partial charge in [0, 0.05) is 32.2 Å². The van der Waals surface area contributed by atoms with Gasteiger partial charge in [-0.3, -0.25) is 4.99 Å². The first kappa shape index (κ1) is 23.3. The minimum atomic E-state index is -0.194. The minimum absolute atomic E-state index is 0. The second-order valence-electron chi connectivity index (χ2n) is 6.01. The van der Waals surface area contributed by atoms with Gasteiger partial charge in [-0.25, -0.2) is 4.79 Å². The van der Waals surface area contributed by atoms with Crippen LogP contribution in [0.5, 0.6) is 0 Å². The zero-order chi connectivity index (χ0) is 17.1. The van der Waals surface area contributed by atoms with Gasteiger partial charge in [0.1, 0.15) is 0 Å². The molecule has 1 rings (SSSR count). The molecule has 2 N–H and O–H groups in total. The molecular formula is C17H35IN4O2. The van der Waals surface area contributed by atoms with Gasteiger partial charge in [-0.05, 0) is 32.6 Å². The highest BCUT2D eigenvalue weighted by Gasteiger charge is 2.24. The molecule has 24 heavy (non-hydrogen) atoms. The normalized spacial score (nSPS) is 15.9. The lowest BCUT2D eigenvalue weighted by Gasteiger charge is -2.32. The van der Waals surface area contributed by atoms with Crippen LogP contribution in [0.1, 0.15) is 53.4 Å². The van der Waals surface area contributed by atoms with Crippen LogP contribution >= 0.6 is 24.0 Å². The molecule has 7 heteroatoms. The van der Waals surface area contributed by atoms with Gasteiger partial charge in [0.05, 0.1) is 6.61 Å². The van der Waals surface area contributed by atoms with E-state index in [1.54, 1.807) is 4.90 Å². The largest absolute Gasteiger partial charge is 0.450 e. The average Bonchev–Trinajstić information content (AvgIpc) is 2.56. The molecule has 1 amide bonds. The Labute approximate surface area is 164 Å². The average molecular weight is 454 g/mol. The number of nitrogens with zero attached hydrogens (tertiary/aromatic N) is 2. The van der Waals surface area contributed by atoms with E-state index < -0.39 is 0 Å². The number of aliphatic imine (C=N–C) groups is 1. The number of piperidine rings is 1. The van der Waals surface area contributed by atoms with E-state index in [1.807, 2.05) is 6.92 Å². The maximum absolute atomic E-state index is 11.7. The standard InChI is InChI=1S/C17H34N4O2.HI/c1-5-14(6-2)13-19-16(18-7-3)20-15-9-11-21(12-10-15)17(22)23-8-4;/h14-15H,5-13H2,1-4H3,(H2,18,19,20);1H. The second-order valence-corrected chi connectivity index (χ2v) is 6.01. The molecule has 1 saturated heterocycles. The molecule has 1 aliphatic heterocycles. The molecule has 0 unspecified atom stereocenters. The summed E-state index contributed by atoms with van der Waals surface area (Å²) in [6, 6.07) is 0.361. The fourth-order valence-corrected chi connectivity index (χ4v) is 2.70. The Balaban J connectivity index is 0.00000529. The van der Waals surface area contributed by atoms with E-state index in [4.69, 9.17) is 9.73 Å². The fourth-order valence-electron chi connectivity index (χ4n) is 2.70. The van der Waals surface area contributed by atoms with Crippen LogP contribution in [0, 0.1) is 5.92 Å². The fraction of sp³-hybridized carbons (Fsp3) is 0.882. The molecule has 0 aromatic heterocycles. The third kappa shape index (κ3) is 8.39. The van der Waals surface area contributed by atoms with Gasteiger partial charge in [-0.2, -0.15) is 0 Å². The summed E-state index contributed by atoms with van der Waals surface area (Å²) >= 11 is 0. The SMILES string of the molecule is CCNC(=NCC(CC)CC)NC1CCN(C(=O)OCC)CC1.I. The van der Waals surface area contributed by atoms with Gasteiger partial charge in [-0.1, -0.05) is 26.7 Å². The van der Waals surface area contributed by atoms with Crippen LogP contribution in [-0.4, -0.2) is 55.8 Å². The third-order valence-corrected chi connectivity index (χ3v) is 4.37. The highest BCUT2D eigenvalue weighted by Crippen LogP contribution is 2.12. The van der Waals surface area contributed by atoms with Gasteiger partial charge in [0.15, 0.2) is 5.96 Å². The summed E-state index contributed by atoms with van der Waals surface area (Å²) in [5.74, 6) is 1.55. The summed E-state index contributed by atoms with van der Waals surface area (Å²) in [5, 5.41) is 6.83. The summed E-state index contributed by atoms with van der Waals surface area (Å²) in [6.45, 7) is 12.0. The lowest BCUT2D eigenvalue weighted by atomic mass is 10.0. The molecule has 0 aliphatic carbocycles. The van der Waals surface area contributed by atoms with Gasteiger partial charge in [0.25, 0.3) is 0 Å². The Bertz CT molecular complexity index is 368. The maximum Gasteiger partial charge on any atom is 0.409 e. The van der Waals surface area contributed by atoms with E-state index in [0.717, 1.165) is 57.8 Å². The van der Waals surface area contributed by atoms with E-state index in [9.17, 15) is 4.79 Å². The lowest BCUT2D eigenvalue weighted by Crippen LogP contribution is -2.50. The highest BCUT2D eigenvalue weighted by molar-refractivity contribution is 14.0. The number of nitrogens with one attached hydrogen (secondary N) is 2. The molecule has 0 saturated carbocycles. The van der Waals surface area contributed by atoms with Gasteiger partial charge >= 0.3 is 6.09 Å². The van der Waals surface area contributed by atoms with Crippen molar-refractivity contribution in [2.24, 2.45) is 10.9 Å². The number of likely N-dealkylation sites (tertiary alicyclic amines) is 1. The number of hydrogen-bond acceptors (Lipinski definition) is 3. The first-order valence-electron chi connectivity index (χ1n) is 9.10. The van der Waals surface area contributed by atoms with E-state index >= 15 is 0 Å². The number of carbonyl (C=O) groups excluding carboxylic acids is 1. The number of carbonyl (C=O) groups is 1. The Morgan fingerprint density at radius 1 is 1.21 bits per heavy atom. The molecule has 0 radical (unpaired) electrons. The first-order chi connectivity index (χ1) is 11.1. The molecule has 142 valence electrons.